The van der Waals surface area contributed by atoms with Crippen LogP contribution in [0.25, 0.3) is 6.08 Å². The first-order valence-electron chi connectivity index (χ1n) is 10.7. The third-order valence-electron chi connectivity index (χ3n) is 7.19. The van der Waals surface area contributed by atoms with Gasteiger partial charge in [-0.25, -0.2) is 22.1 Å². The predicted octanol–water partition coefficient (Wildman–Crippen LogP) is 3.29. The van der Waals surface area contributed by atoms with Gasteiger partial charge in [0.05, 0.1) is 12.0 Å². The van der Waals surface area contributed by atoms with Crippen LogP contribution in [0.4, 0.5) is 16.2 Å². The first-order valence-corrected chi connectivity index (χ1v) is 12.6. The van der Waals surface area contributed by atoms with Crippen LogP contribution < -0.4 is 10.2 Å². The van der Waals surface area contributed by atoms with Crippen LogP contribution in [0.1, 0.15) is 50.5 Å². The Morgan fingerprint density at radius 2 is 1.97 bits per heavy atom. The number of piperidine rings is 1. The number of nitrogens with zero attached hydrogens (tertiary/aromatic N) is 4. The van der Waals surface area contributed by atoms with E-state index in [1.807, 2.05) is 4.90 Å². The quantitative estimate of drug-likeness (QED) is 0.785. The van der Waals surface area contributed by atoms with E-state index in [0.29, 0.717) is 43.1 Å². The molecule has 1 saturated heterocycles. The van der Waals surface area contributed by atoms with Gasteiger partial charge in [-0.05, 0) is 50.0 Å². The molecule has 1 aromatic heterocycles. The highest BCUT2D eigenvalue weighted by atomic mass is 32.2. The zero-order chi connectivity index (χ0) is 21.1. The van der Waals surface area contributed by atoms with Crippen LogP contribution in [0.2, 0.25) is 0 Å². The summed E-state index contributed by atoms with van der Waals surface area (Å²) < 4.78 is 39.6. The second-order valence-electron chi connectivity index (χ2n) is 9.13. The maximum absolute atomic E-state index is 14.6. The highest BCUT2D eigenvalue weighted by Gasteiger charge is 2.55. The number of hydrogen-bond acceptors (Lipinski definition) is 6. The zero-order valence-corrected chi connectivity index (χ0v) is 18.1. The molecular formula is C21H28FN5O2S. The Bertz CT molecular complexity index is 1010. The van der Waals surface area contributed by atoms with Crippen LogP contribution in [0.3, 0.4) is 0 Å². The van der Waals surface area contributed by atoms with Crippen molar-refractivity contribution in [3.05, 3.63) is 29.9 Å². The number of nitrogens with one attached hydrogen (secondary N) is 1. The third kappa shape index (κ3) is 3.41. The van der Waals surface area contributed by atoms with Crippen molar-refractivity contribution in [2.45, 2.75) is 57.0 Å². The lowest BCUT2D eigenvalue weighted by Gasteiger charge is -2.38. The predicted molar refractivity (Wildman–Crippen MR) is 115 cm³/mol. The lowest BCUT2D eigenvalue weighted by Crippen LogP contribution is -2.42. The molecule has 2 aliphatic carbocycles. The molecular weight excluding hydrogens is 405 g/mol. The molecule has 30 heavy (non-hydrogen) atoms. The van der Waals surface area contributed by atoms with Gasteiger partial charge in [-0.3, -0.25) is 0 Å². The Labute approximate surface area is 177 Å². The van der Waals surface area contributed by atoms with Crippen molar-refractivity contribution in [2.24, 2.45) is 5.41 Å². The van der Waals surface area contributed by atoms with E-state index in [4.69, 9.17) is 4.98 Å². The van der Waals surface area contributed by atoms with Gasteiger partial charge in [0.25, 0.3) is 0 Å². The van der Waals surface area contributed by atoms with Gasteiger partial charge in [0.2, 0.25) is 16.0 Å². The second kappa shape index (κ2) is 7.02. The van der Waals surface area contributed by atoms with E-state index in [1.165, 1.54) is 35.9 Å². The van der Waals surface area contributed by atoms with Crippen molar-refractivity contribution in [2.75, 3.05) is 29.6 Å². The maximum Gasteiger partial charge on any atom is 0.224 e. The van der Waals surface area contributed by atoms with Gasteiger partial charge in [0, 0.05) is 36.9 Å². The smallest absolute Gasteiger partial charge is 0.224 e. The third-order valence-corrected chi connectivity index (χ3v) is 8.50. The minimum atomic E-state index is -3.15. The van der Waals surface area contributed by atoms with E-state index in [1.54, 1.807) is 6.20 Å². The fourth-order valence-corrected chi connectivity index (χ4v) is 6.20. The van der Waals surface area contributed by atoms with E-state index in [2.05, 4.69) is 16.9 Å². The minimum absolute atomic E-state index is 0.106. The second-order valence-corrected chi connectivity index (χ2v) is 11.1. The molecule has 5 rings (SSSR count). The molecule has 1 atom stereocenters. The molecule has 3 fully saturated rings. The normalized spacial score (nSPS) is 26.6. The van der Waals surface area contributed by atoms with Crippen molar-refractivity contribution >= 4 is 27.9 Å². The fraction of sp³-hybridized carbons (Fsp3) is 0.619. The van der Waals surface area contributed by atoms with Crippen LogP contribution in [0.5, 0.6) is 0 Å². The average Bonchev–Trinajstić information content (AvgIpc) is 3.36. The van der Waals surface area contributed by atoms with Gasteiger partial charge in [0.15, 0.2) is 0 Å². The van der Waals surface area contributed by atoms with Crippen molar-refractivity contribution in [3.63, 3.8) is 0 Å². The van der Waals surface area contributed by atoms with Crippen molar-refractivity contribution in [1.29, 1.82) is 0 Å². The van der Waals surface area contributed by atoms with Gasteiger partial charge in [0.1, 0.15) is 11.6 Å². The SMILES string of the molecule is C=C1C(F)=Cc2cnc(NC3CCN(S(C)(=O)=O)CC3)nc2N1C1CCCC12CC2. The maximum atomic E-state index is 14.6. The number of rotatable bonds is 4. The number of allylic oxidation sites excluding steroid dienone is 1. The molecule has 1 unspecified atom stereocenters. The zero-order valence-electron chi connectivity index (χ0n) is 17.3. The lowest BCUT2D eigenvalue weighted by molar-refractivity contribution is 0.331. The van der Waals surface area contributed by atoms with Crippen molar-refractivity contribution in [1.82, 2.24) is 14.3 Å². The van der Waals surface area contributed by atoms with Gasteiger partial charge < -0.3 is 10.2 Å². The fourth-order valence-electron chi connectivity index (χ4n) is 5.33. The Morgan fingerprint density at radius 3 is 2.63 bits per heavy atom. The van der Waals surface area contributed by atoms with E-state index >= 15 is 0 Å². The highest BCUT2D eigenvalue weighted by Crippen LogP contribution is 2.61. The summed E-state index contributed by atoms with van der Waals surface area (Å²) in [5, 5.41) is 3.36. The number of halogens is 1. The summed E-state index contributed by atoms with van der Waals surface area (Å²) >= 11 is 0. The molecule has 0 radical (unpaired) electrons. The van der Waals surface area contributed by atoms with E-state index in [9.17, 15) is 12.8 Å². The summed E-state index contributed by atoms with van der Waals surface area (Å²) in [6, 6.07) is 0.346. The summed E-state index contributed by atoms with van der Waals surface area (Å²) in [7, 11) is -3.15. The topological polar surface area (TPSA) is 78.4 Å². The largest absolute Gasteiger partial charge is 0.351 e. The molecule has 3 heterocycles. The van der Waals surface area contributed by atoms with Crippen LogP contribution in [0, 0.1) is 5.41 Å². The summed E-state index contributed by atoms with van der Waals surface area (Å²) in [6.45, 7) is 5.01. The number of sulfonamides is 1. The molecule has 1 N–H and O–H groups in total. The Balaban J connectivity index is 1.38. The summed E-state index contributed by atoms with van der Waals surface area (Å²) in [5.41, 5.74) is 1.36. The summed E-state index contributed by atoms with van der Waals surface area (Å²) in [5.74, 6) is 0.913. The van der Waals surface area contributed by atoms with Gasteiger partial charge in [-0.15, -0.1) is 0 Å². The van der Waals surface area contributed by atoms with Crippen molar-refractivity contribution in [3.8, 4) is 0 Å². The summed E-state index contributed by atoms with van der Waals surface area (Å²) in [6.07, 6.45) is 11.5. The Morgan fingerprint density at radius 1 is 1.23 bits per heavy atom. The Kier molecular flexibility index (Phi) is 4.66. The van der Waals surface area contributed by atoms with Crippen LogP contribution >= 0.6 is 0 Å². The number of aromatic nitrogens is 2. The van der Waals surface area contributed by atoms with Gasteiger partial charge in [-0.2, -0.15) is 4.98 Å². The van der Waals surface area contributed by atoms with E-state index in [-0.39, 0.29) is 23.3 Å². The molecule has 0 amide bonds. The molecule has 9 heteroatoms. The van der Waals surface area contributed by atoms with Crippen LogP contribution in [0.15, 0.2) is 24.3 Å². The van der Waals surface area contributed by atoms with Crippen LogP contribution in [-0.4, -0.2) is 54.1 Å². The molecule has 162 valence electrons. The first kappa shape index (κ1) is 19.9. The van der Waals surface area contributed by atoms with E-state index < -0.39 is 10.0 Å². The monoisotopic (exact) mass is 433 g/mol. The highest BCUT2D eigenvalue weighted by molar-refractivity contribution is 7.88. The minimum Gasteiger partial charge on any atom is -0.351 e. The average molecular weight is 434 g/mol. The number of fused-ring (bicyclic) bond motifs is 1. The standard InChI is InChI=1S/C21H28FN5O2S/c1-14-17(22)12-15-13-23-20(24-16-5-10-26(11-6-16)30(2,28)29)25-19(15)27(14)18-4-3-7-21(18)8-9-21/h12-13,16,18H,1,3-11H2,2H3,(H,23,24,25). The molecule has 2 aliphatic heterocycles. The molecule has 0 bridgehead atoms. The molecule has 7 nitrogen and oxygen atoms in total. The van der Waals surface area contributed by atoms with E-state index in [0.717, 1.165) is 18.7 Å². The number of hydrogen-bond donors (Lipinski definition) is 1. The molecule has 4 aliphatic rings. The lowest BCUT2D eigenvalue weighted by atomic mass is 9.96. The van der Waals surface area contributed by atoms with Crippen molar-refractivity contribution < 1.29 is 12.8 Å². The van der Waals surface area contributed by atoms with Gasteiger partial charge in [-0.1, -0.05) is 13.0 Å². The first-order chi connectivity index (χ1) is 14.3. The van der Waals surface area contributed by atoms with Crippen LogP contribution in [-0.2, 0) is 10.0 Å². The number of anilines is 2. The molecule has 2 saturated carbocycles. The molecule has 1 spiro atoms. The summed E-state index contributed by atoms with van der Waals surface area (Å²) in [4.78, 5) is 11.2. The molecule has 0 aromatic carbocycles. The molecule has 1 aromatic rings. The Hall–Kier alpha value is -2.00. The van der Waals surface area contributed by atoms with Gasteiger partial charge >= 0.3 is 0 Å².